The van der Waals surface area contributed by atoms with Crippen molar-refractivity contribution < 1.29 is 9.32 Å². The Morgan fingerprint density at radius 2 is 2.37 bits per heavy atom. The smallest absolute Gasteiger partial charge is 0.240 e. The van der Waals surface area contributed by atoms with Crippen molar-refractivity contribution in [1.82, 2.24) is 15.8 Å². The normalized spacial score (nSPS) is 22.0. The SMILES string of the molecule is CCc1cc(CNC(=O)C2(CC)CCCN2)on1.Cl. The summed E-state index contributed by atoms with van der Waals surface area (Å²) >= 11 is 0. The molecule has 6 heteroatoms. The van der Waals surface area contributed by atoms with Crippen LogP contribution in [0.3, 0.4) is 0 Å². The molecule has 1 unspecified atom stereocenters. The number of nitrogens with one attached hydrogen (secondary N) is 2. The Morgan fingerprint density at radius 3 is 2.89 bits per heavy atom. The van der Waals surface area contributed by atoms with Gasteiger partial charge in [-0.1, -0.05) is 19.0 Å². The molecule has 1 fully saturated rings. The first-order valence-electron chi connectivity index (χ1n) is 6.68. The van der Waals surface area contributed by atoms with Crippen molar-refractivity contribution >= 4 is 18.3 Å². The van der Waals surface area contributed by atoms with Gasteiger partial charge in [-0.3, -0.25) is 4.79 Å². The average Bonchev–Trinajstić information content (AvgIpc) is 3.05. The molecule has 0 spiro atoms. The van der Waals surface area contributed by atoms with Gasteiger partial charge in [0.1, 0.15) is 0 Å². The van der Waals surface area contributed by atoms with Crippen LogP contribution in [0.25, 0.3) is 0 Å². The fourth-order valence-corrected chi connectivity index (χ4v) is 2.40. The fraction of sp³-hybridized carbons (Fsp3) is 0.692. The van der Waals surface area contributed by atoms with E-state index in [-0.39, 0.29) is 23.9 Å². The van der Waals surface area contributed by atoms with Gasteiger partial charge in [0, 0.05) is 6.07 Å². The molecule has 1 aromatic rings. The number of nitrogens with zero attached hydrogens (tertiary/aromatic N) is 1. The fourth-order valence-electron chi connectivity index (χ4n) is 2.40. The van der Waals surface area contributed by atoms with Crippen LogP contribution in [0.15, 0.2) is 10.6 Å². The minimum atomic E-state index is -0.381. The molecule has 2 heterocycles. The van der Waals surface area contributed by atoms with E-state index in [4.69, 9.17) is 4.52 Å². The van der Waals surface area contributed by atoms with Gasteiger partial charge in [-0.25, -0.2) is 0 Å². The van der Waals surface area contributed by atoms with E-state index >= 15 is 0 Å². The van der Waals surface area contributed by atoms with Gasteiger partial charge in [-0.15, -0.1) is 12.4 Å². The Balaban J connectivity index is 0.00000180. The predicted octanol–water partition coefficient (Wildman–Crippen LogP) is 1.81. The van der Waals surface area contributed by atoms with Gasteiger partial charge in [0.25, 0.3) is 0 Å². The molecule has 2 N–H and O–H groups in total. The van der Waals surface area contributed by atoms with Crippen LogP contribution in [-0.4, -0.2) is 23.1 Å². The van der Waals surface area contributed by atoms with E-state index in [9.17, 15) is 4.79 Å². The zero-order valence-corrected chi connectivity index (χ0v) is 12.3. The van der Waals surface area contributed by atoms with E-state index in [2.05, 4.69) is 15.8 Å². The van der Waals surface area contributed by atoms with Crippen molar-refractivity contribution in [3.05, 3.63) is 17.5 Å². The van der Waals surface area contributed by atoms with Crippen molar-refractivity contribution in [3.63, 3.8) is 0 Å². The first kappa shape index (κ1) is 16.0. The molecule has 1 saturated heterocycles. The van der Waals surface area contributed by atoms with Crippen LogP contribution in [0.5, 0.6) is 0 Å². The summed E-state index contributed by atoms with van der Waals surface area (Å²) in [5.41, 5.74) is 0.539. The van der Waals surface area contributed by atoms with Gasteiger partial charge in [0.15, 0.2) is 5.76 Å². The molecule has 1 atom stereocenters. The molecule has 0 saturated carbocycles. The van der Waals surface area contributed by atoms with E-state index in [1.807, 2.05) is 19.9 Å². The highest BCUT2D eigenvalue weighted by atomic mass is 35.5. The average molecular weight is 288 g/mol. The van der Waals surface area contributed by atoms with Crippen molar-refractivity contribution in [2.24, 2.45) is 0 Å². The molecule has 2 rings (SSSR count). The Hall–Kier alpha value is -1.07. The van der Waals surface area contributed by atoms with Crippen LogP contribution < -0.4 is 10.6 Å². The third-order valence-electron chi connectivity index (χ3n) is 3.68. The van der Waals surface area contributed by atoms with Crippen molar-refractivity contribution in [3.8, 4) is 0 Å². The second-order valence-electron chi connectivity index (χ2n) is 4.79. The molecule has 0 radical (unpaired) electrons. The Kier molecular flexibility index (Phi) is 5.82. The number of aromatic nitrogens is 1. The summed E-state index contributed by atoms with van der Waals surface area (Å²) < 4.78 is 5.15. The zero-order valence-electron chi connectivity index (χ0n) is 11.5. The molecule has 1 aliphatic heterocycles. The predicted molar refractivity (Wildman–Crippen MR) is 75.2 cm³/mol. The lowest BCUT2D eigenvalue weighted by Crippen LogP contribution is -2.52. The standard InChI is InChI=1S/C13H21N3O2.ClH/c1-3-10-8-11(18-16-10)9-14-12(17)13(4-2)6-5-7-15-13;/h8,15H,3-7,9H2,1-2H3,(H,14,17);1H. The third kappa shape index (κ3) is 3.48. The first-order valence-corrected chi connectivity index (χ1v) is 6.68. The Labute approximate surface area is 119 Å². The summed E-state index contributed by atoms with van der Waals surface area (Å²) in [4.78, 5) is 12.2. The summed E-state index contributed by atoms with van der Waals surface area (Å²) in [6.45, 7) is 5.40. The van der Waals surface area contributed by atoms with E-state index in [0.29, 0.717) is 12.3 Å². The lowest BCUT2D eigenvalue weighted by molar-refractivity contribution is -0.127. The number of aryl methyl sites for hydroxylation is 1. The van der Waals surface area contributed by atoms with Crippen LogP contribution in [0.1, 0.15) is 44.6 Å². The van der Waals surface area contributed by atoms with Gasteiger partial charge < -0.3 is 15.2 Å². The van der Waals surface area contributed by atoms with Crippen molar-refractivity contribution in [1.29, 1.82) is 0 Å². The number of rotatable bonds is 5. The van der Waals surface area contributed by atoms with Crippen LogP contribution in [-0.2, 0) is 17.8 Å². The van der Waals surface area contributed by atoms with Crippen LogP contribution >= 0.6 is 12.4 Å². The second-order valence-corrected chi connectivity index (χ2v) is 4.79. The summed E-state index contributed by atoms with van der Waals surface area (Å²) in [6.07, 6.45) is 3.63. The molecular formula is C13H22ClN3O2. The summed E-state index contributed by atoms with van der Waals surface area (Å²) in [5.74, 6) is 0.779. The van der Waals surface area contributed by atoms with Crippen LogP contribution in [0.4, 0.5) is 0 Å². The van der Waals surface area contributed by atoms with Gasteiger partial charge in [-0.05, 0) is 32.2 Å². The second kappa shape index (κ2) is 6.91. The number of halogens is 1. The minimum Gasteiger partial charge on any atom is -0.359 e. The van der Waals surface area contributed by atoms with Crippen molar-refractivity contribution in [2.45, 2.75) is 51.6 Å². The number of hydrogen-bond acceptors (Lipinski definition) is 4. The monoisotopic (exact) mass is 287 g/mol. The Morgan fingerprint density at radius 1 is 1.58 bits per heavy atom. The lowest BCUT2D eigenvalue weighted by Gasteiger charge is -2.26. The first-order chi connectivity index (χ1) is 8.70. The highest BCUT2D eigenvalue weighted by molar-refractivity contribution is 5.86. The molecule has 1 amide bonds. The van der Waals surface area contributed by atoms with Gasteiger partial charge in [0.05, 0.1) is 17.8 Å². The number of hydrogen-bond donors (Lipinski definition) is 2. The molecular weight excluding hydrogens is 266 g/mol. The topological polar surface area (TPSA) is 67.2 Å². The quantitative estimate of drug-likeness (QED) is 0.867. The van der Waals surface area contributed by atoms with Crippen LogP contribution in [0, 0.1) is 0 Å². The minimum absolute atomic E-state index is 0. The van der Waals surface area contributed by atoms with E-state index in [1.54, 1.807) is 0 Å². The molecule has 1 aliphatic rings. The summed E-state index contributed by atoms with van der Waals surface area (Å²) in [5, 5.41) is 10.2. The maximum Gasteiger partial charge on any atom is 0.240 e. The number of carbonyl (C=O) groups excluding carboxylic acids is 1. The third-order valence-corrected chi connectivity index (χ3v) is 3.68. The molecule has 0 aromatic carbocycles. The lowest BCUT2D eigenvalue weighted by atomic mass is 9.93. The number of amides is 1. The van der Waals surface area contributed by atoms with Gasteiger partial charge in [-0.2, -0.15) is 0 Å². The zero-order chi connectivity index (χ0) is 13.0. The van der Waals surface area contributed by atoms with Crippen molar-refractivity contribution in [2.75, 3.05) is 6.54 Å². The van der Waals surface area contributed by atoms with E-state index < -0.39 is 0 Å². The maximum absolute atomic E-state index is 12.2. The highest BCUT2D eigenvalue weighted by Gasteiger charge is 2.38. The van der Waals surface area contributed by atoms with Crippen LogP contribution in [0.2, 0.25) is 0 Å². The summed E-state index contributed by atoms with van der Waals surface area (Å²) in [7, 11) is 0. The molecule has 1 aromatic heterocycles. The molecule has 108 valence electrons. The maximum atomic E-state index is 12.2. The summed E-state index contributed by atoms with van der Waals surface area (Å²) in [6, 6.07) is 1.89. The number of carbonyl (C=O) groups is 1. The molecule has 0 aliphatic carbocycles. The van der Waals surface area contributed by atoms with Gasteiger partial charge >= 0.3 is 0 Å². The largest absolute Gasteiger partial charge is 0.359 e. The highest BCUT2D eigenvalue weighted by Crippen LogP contribution is 2.23. The molecule has 5 nitrogen and oxygen atoms in total. The van der Waals surface area contributed by atoms with E-state index in [1.165, 1.54) is 0 Å². The van der Waals surface area contributed by atoms with E-state index in [0.717, 1.165) is 37.9 Å². The molecule has 19 heavy (non-hydrogen) atoms. The van der Waals surface area contributed by atoms with Gasteiger partial charge in [0.2, 0.25) is 5.91 Å². The Bertz CT molecular complexity index is 414. The molecule has 0 bridgehead atoms.